The summed E-state index contributed by atoms with van der Waals surface area (Å²) in [7, 11) is 0. The number of likely N-dealkylation sites (N-methyl/N-ethyl adjacent to an activating group) is 1. The number of nitrogens with one attached hydrogen (secondary N) is 1. The van der Waals surface area contributed by atoms with Crippen LogP contribution in [0.15, 0.2) is 30.6 Å². The highest BCUT2D eigenvalue weighted by atomic mass is 16.5. The number of ether oxygens (including phenoxy) is 1. The summed E-state index contributed by atoms with van der Waals surface area (Å²) in [4.78, 5) is 18.9. The summed E-state index contributed by atoms with van der Waals surface area (Å²) in [5, 5.41) is 2.95. The third-order valence-electron chi connectivity index (χ3n) is 4.18. The van der Waals surface area contributed by atoms with Gasteiger partial charge in [0.25, 0.3) is 5.91 Å². The second-order valence-electron chi connectivity index (χ2n) is 5.45. The van der Waals surface area contributed by atoms with E-state index in [1.165, 1.54) is 0 Å². The highest BCUT2D eigenvalue weighted by Gasteiger charge is 2.24. The number of imidazole rings is 1. The second-order valence-corrected chi connectivity index (χ2v) is 5.45. The Morgan fingerprint density at radius 1 is 1.35 bits per heavy atom. The van der Waals surface area contributed by atoms with Crippen molar-refractivity contribution in [3.63, 3.8) is 0 Å². The van der Waals surface area contributed by atoms with Gasteiger partial charge < -0.3 is 15.0 Å². The SMILES string of the molecule is CCN(CC)CCNC(=O)c1ncn2c1COc1ccccc1-2. The maximum Gasteiger partial charge on any atom is 0.271 e. The lowest BCUT2D eigenvalue weighted by molar-refractivity contribution is 0.0941. The Balaban J connectivity index is 1.71. The quantitative estimate of drug-likeness (QED) is 0.884. The number of nitrogens with zero attached hydrogens (tertiary/aromatic N) is 3. The summed E-state index contributed by atoms with van der Waals surface area (Å²) in [6, 6.07) is 7.76. The van der Waals surface area contributed by atoms with Crippen LogP contribution < -0.4 is 10.1 Å². The number of rotatable bonds is 6. The Labute approximate surface area is 136 Å². The van der Waals surface area contributed by atoms with E-state index in [9.17, 15) is 4.79 Å². The molecule has 1 aromatic heterocycles. The van der Waals surface area contributed by atoms with E-state index >= 15 is 0 Å². The lowest BCUT2D eigenvalue weighted by Crippen LogP contribution is -2.35. The predicted octanol–water partition coefficient (Wildman–Crippen LogP) is 1.84. The van der Waals surface area contributed by atoms with Gasteiger partial charge >= 0.3 is 0 Å². The van der Waals surface area contributed by atoms with Crippen molar-refractivity contribution in [2.45, 2.75) is 20.5 Å². The Kier molecular flexibility index (Phi) is 4.62. The molecular weight excluding hydrogens is 292 g/mol. The zero-order valence-corrected chi connectivity index (χ0v) is 13.6. The second kappa shape index (κ2) is 6.83. The van der Waals surface area contributed by atoms with Gasteiger partial charge in [-0.15, -0.1) is 0 Å². The fraction of sp³-hybridized carbons (Fsp3) is 0.412. The topological polar surface area (TPSA) is 59.4 Å². The van der Waals surface area contributed by atoms with Gasteiger partial charge in [-0.05, 0) is 25.2 Å². The Bertz CT molecular complexity index is 692. The lowest BCUT2D eigenvalue weighted by Gasteiger charge is -2.20. The van der Waals surface area contributed by atoms with Crippen LogP contribution in [0.4, 0.5) is 0 Å². The van der Waals surface area contributed by atoms with Crippen molar-refractivity contribution >= 4 is 5.91 Å². The van der Waals surface area contributed by atoms with Crippen LogP contribution >= 0.6 is 0 Å². The molecule has 2 aromatic rings. The maximum atomic E-state index is 12.4. The summed E-state index contributed by atoms with van der Waals surface area (Å²) in [5.41, 5.74) is 2.16. The molecule has 1 N–H and O–H groups in total. The molecule has 1 aliphatic rings. The Morgan fingerprint density at radius 3 is 2.91 bits per heavy atom. The fourth-order valence-electron chi connectivity index (χ4n) is 2.78. The van der Waals surface area contributed by atoms with Crippen LogP contribution in [0.5, 0.6) is 5.75 Å². The van der Waals surface area contributed by atoms with Crippen LogP contribution in [0.2, 0.25) is 0 Å². The van der Waals surface area contributed by atoms with Gasteiger partial charge in [-0.1, -0.05) is 26.0 Å². The summed E-state index contributed by atoms with van der Waals surface area (Å²) in [6.45, 7) is 8.01. The first-order chi connectivity index (χ1) is 11.2. The first-order valence-corrected chi connectivity index (χ1v) is 8.03. The monoisotopic (exact) mass is 314 g/mol. The van der Waals surface area contributed by atoms with Gasteiger partial charge in [0.05, 0.1) is 11.4 Å². The first kappa shape index (κ1) is 15.6. The third-order valence-corrected chi connectivity index (χ3v) is 4.18. The summed E-state index contributed by atoms with van der Waals surface area (Å²) in [5.74, 6) is 0.666. The smallest absolute Gasteiger partial charge is 0.271 e. The molecular formula is C17H22N4O2. The number of fused-ring (bicyclic) bond motifs is 3. The standard InChI is InChI=1S/C17H22N4O2/c1-3-20(4-2)10-9-18-17(22)16-14-11-23-15-8-6-5-7-13(15)21(14)12-19-16/h5-8,12H,3-4,9-11H2,1-2H3,(H,18,22). The van der Waals surface area contributed by atoms with E-state index in [0.717, 1.165) is 36.8 Å². The van der Waals surface area contributed by atoms with Crippen molar-refractivity contribution in [1.29, 1.82) is 0 Å². The minimum absolute atomic E-state index is 0.145. The van der Waals surface area contributed by atoms with Gasteiger partial charge in [-0.3, -0.25) is 9.36 Å². The van der Waals surface area contributed by atoms with E-state index in [1.807, 2.05) is 28.8 Å². The van der Waals surface area contributed by atoms with Crippen molar-refractivity contribution in [2.75, 3.05) is 26.2 Å². The molecule has 0 radical (unpaired) electrons. The van der Waals surface area contributed by atoms with Gasteiger partial charge in [0.2, 0.25) is 0 Å². The molecule has 1 aliphatic heterocycles. The molecule has 0 saturated carbocycles. The number of hydrogen-bond donors (Lipinski definition) is 1. The van der Waals surface area contributed by atoms with Crippen LogP contribution in [-0.2, 0) is 6.61 Å². The fourth-order valence-corrected chi connectivity index (χ4v) is 2.78. The van der Waals surface area contributed by atoms with Crippen molar-refractivity contribution in [2.24, 2.45) is 0 Å². The van der Waals surface area contributed by atoms with E-state index in [1.54, 1.807) is 6.33 Å². The van der Waals surface area contributed by atoms with Crippen molar-refractivity contribution in [3.05, 3.63) is 42.0 Å². The number of carbonyl (C=O) groups is 1. The van der Waals surface area contributed by atoms with E-state index in [-0.39, 0.29) is 5.91 Å². The zero-order chi connectivity index (χ0) is 16.2. The van der Waals surface area contributed by atoms with Crippen molar-refractivity contribution < 1.29 is 9.53 Å². The summed E-state index contributed by atoms with van der Waals surface area (Å²) >= 11 is 0. The van der Waals surface area contributed by atoms with Gasteiger partial charge in [0.15, 0.2) is 5.69 Å². The zero-order valence-electron chi connectivity index (χ0n) is 13.6. The van der Waals surface area contributed by atoms with Crippen molar-refractivity contribution in [1.82, 2.24) is 19.8 Å². The third kappa shape index (κ3) is 3.07. The Morgan fingerprint density at radius 2 is 2.13 bits per heavy atom. The molecule has 1 aromatic carbocycles. The maximum absolute atomic E-state index is 12.4. The molecule has 0 atom stereocenters. The molecule has 1 amide bonds. The minimum atomic E-state index is -0.145. The van der Waals surface area contributed by atoms with Crippen molar-refractivity contribution in [3.8, 4) is 11.4 Å². The molecule has 0 unspecified atom stereocenters. The van der Waals surface area contributed by atoms with E-state index < -0.39 is 0 Å². The lowest BCUT2D eigenvalue weighted by atomic mass is 10.2. The number of aromatic nitrogens is 2. The predicted molar refractivity (Wildman–Crippen MR) is 88.0 cm³/mol. The van der Waals surface area contributed by atoms with Crippen LogP contribution in [0.3, 0.4) is 0 Å². The highest BCUT2D eigenvalue weighted by molar-refractivity contribution is 5.93. The summed E-state index contributed by atoms with van der Waals surface area (Å²) < 4.78 is 7.66. The highest BCUT2D eigenvalue weighted by Crippen LogP contribution is 2.30. The Hall–Kier alpha value is -2.34. The van der Waals surface area contributed by atoms with E-state index in [4.69, 9.17) is 4.74 Å². The minimum Gasteiger partial charge on any atom is -0.485 e. The number of carbonyl (C=O) groups excluding carboxylic acids is 1. The van der Waals surface area contributed by atoms with E-state index in [2.05, 4.69) is 29.0 Å². The molecule has 0 spiro atoms. The number of para-hydroxylation sites is 2. The van der Waals surface area contributed by atoms with Crippen LogP contribution in [0, 0.1) is 0 Å². The van der Waals surface area contributed by atoms with Crippen LogP contribution in [0.25, 0.3) is 5.69 Å². The molecule has 122 valence electrons. The number of hydrogen-bond acceptors (Lipinski definition) is 4. The van der Waals surface area contributed by atoms with E-state index in [0.29, 0.717) is 18.8 Å². The van der Waals surface area contributed by atoms with Gasteiger partial charge in [-0.25, -0.2) is 4.98 Å². The van der Waals surface area contributed by atoms with Gasteiger partial charge in [0.1, 0.15) is 18.7 Å². The molecule has 0 bridgehead atoms. The molecule has 23 heavy (non-hydrogen) atoms. The summed E-state index contributed by atoms with van der Waals surface area (Å²) in [6.07, 6.45) is 1.69. The average molecular weight is 314 g/mol. The van der Waals surface area contributed by atoms with Gasteiger partial charge in [-0.2, -0.15) is 0 Å². The molecule has 6 nitrogen and oxygen atoms in total. The largest absolute Gasteiger partial charge is 0.485 e. The van der Waals surface area contributed by atoms with Gasteiger partial charge in [0, 0.05) is 13.1 Å². The molecule has 0 fully saturated rings. The first-order valence-electron chi connectivity index (χ1n) is 8.03. The molecule has 3 rings (SSSR count). The molecule has 6 heteroatoms. The number of amides is 1. The number of benzene rings is 1. The average Bonchev–Trinajstić information content (AvgIpc) is 3.03. The normalized spacial score (nSPS) is 12.5. The molecule has 0 aliphatic carbocycles. The van der Waals surface area contributed by atoms with Crippen LogP contribution in [-0.4, -0.2) is 46.5 Å². The van der Waals surface area contributed by atoms with Crippen LogP contribution in [0.1, 0.15) is 30.0 Å². The molecule has 2 heterocycles. The molecule has 0 saturated heterocycles.